The zero-order valence-electron chi connectivity index (χ0n) is 17.2. The zero-order valence-corrected chi connectivity index (χ0v) is 18.0. The zero-order chi connectivity index (χ0) is 21.3. The van der Waals surface area contributed by atoms with Crippen LogP contribution >= 0.6 is 0 Å². The van der Waals surface area contributed by atoms with Crippen LogP contribution in [0.2, 0.25) is 0 Å². The lowest BCUT2D eigenvalue weighted by Crippen LogP contribution is -2.55. The van der Waals surface area contributed by atoms with Crippen LogP contribution in [0.25, 0.3) is 0 Å². The van der Waals surface area contributed by atoms with Crippen molar-refractivity contribution in [2.75, 3.05) is 26.0 Å². The molecule has 4 rings (SSSR count). The van der Waals surface area contributed by atoms with Crippen molar-refractivity contribution in [3.63, 3.8) is 0 Å². The second-order valence-electron chi connectivity index (χ2n) is 7.67. The van der Waals surface area contributed by atoms with E-state index in [0.29, 0.717) is 37.6 Å². The molecule has 0 fully saturated rings. The highest BCUT2D eigenvalue weighted by Gasteiger charge is 2.39. The highest BCUT2D eigenvalue weighted by Crippen LogP contribution is 2.31. The van der Waals surface area contributed by atoms with Gasteiger partial charge in [0.05, 0.1) is 12.8 Å². The molecule has 2 heterocycles. The first-order valence-electron chi connectivity index (χ1n) is 10.1. The van der Waals surface area contributed by atoms with E-state index in [1.807, 2.05) is 55.5 Å². The molecule has 2 aliphatic heterocycles. The van der Waals surface area contributed by atoms with Crippen LogP contribution in [0.15, 0.2) is 48.5 Å². The predicted octanol–water partition coefficient (Wildman–Crippen LogP) is 2.06. The third kappa shape index (κ3) is 4.15. The number of para-hydroxylation sites is 2. The van der Waals surface area contributed by atoms with Gasteiger partial charge in [-0.3, -0.25) is 4.79 Å². The Balaban J connectivity index is 1.53. The maximum atomic E-state index is 13.4. The number of carbonyl (C=O) groups is 1. The van der Waals surface area contributed by atoms with Gasteiger partial charge in [0.25, 0.3) is 0 Å². The fourth-order valence-electron chi connectivity index (χ4n) is 4.04. The average molecular weight is 431 g/mol. The minimum atomic E-state index is -3.55. The summed E-state index contributed by atoms with van der Waals surface area (Å²) in [5.74, 6) is 1.14. The quantitative estimate of drug-likeness (QED) is 0.726. The van der Waals surface area contributed by atoms with Crippen molar-refractivity contribution in [1.82, 2.24) is 9.21 Å². The standard InChI is InChI=1S/C22H26N2O5S/c1-3-23(14-18-15-28-20-10-6-7-11-21(20)29-18)22(25)19-12-16-8-4-5-9-17(16)13-24(19)30(2,26)27/h4-11,18-19H,3,12-15H2,1-2H3/t18-,19+/m0/s1. The molecule has 2 aromatic carbocycles. The second kappa shape index (κ2) is 8.28. The van der Waals surface area contributed by atoms with Crippen molar-refractivity contribution in [3.05, 3.63) is 59.7 Å². The van der Waals surface area contributed by atoms with Crippen LogP contribution in [-0.4, -0.2) is 61.6 Å². The third-order valence-electron chi connectivity index (χ3n) is 5.60. The predicted molar refractivity (Wildman–Crippen MR) is 113 cm³/mol. The van der Waals surface area contributed by atoms with Crippen LogP contribution in [0.5, 0.6) is 11.5 Å². The Kier molecular flexibility index (Phi) is 5.71. The van der Waals surface area contributed by atoms with Gasteiger partial charge in [0.15, 0.2) is 17.6 Å². The smallest absolute Gasteiger partial charge is 0.241 e. The lowest BCUT2D eigenvalue weighted by molar-refractivity contribution is -0.137. The van der Waals surface area contributed by atoms with Crippen LogP contribution in [0.1, 0.15) is 18.1 Å². The Bertz CT molecular complexity index is 1040. The van der Waals surface area contributed by atoms with Crippen molar-refractivity contribution in [2.24, 2.45) is 0 Å². The summed E-state index contributed by atoms with van der Waals surface area (Å²) in [5, 5.41) is 0. The van der Waals surface area contributed by atoms with Crippen LogP contribution in [-0.2, 0) is 27.8 Å². The molecule has 0 saturated heterocycles. The molecule has 0 saturated carbocycles. The molecule has 1 amide bonds. The molecular weight excluding hydrogens is 404 g/mol. The summed E-state index contributed by atoms with van der Waals surface area (Å²) in [4.78, 5) is 15.1. The number of hydrogen-bond donors (Lipinski definition) is 0. The van der Waals surface area contributed by atoms with E-state index < -0.39 is 16.1 Å². The fourth-order valence-corrected chi connectivity index (χ4v) is 5.04. The second-order valence-corrected chi connectivity index (χ2v) is 9.61. The molecule has 0 aromatic heterocycles. The molecule has 160 valence electrons. The molecule has 0 bridgehead atoms. The number of amides is 1. The van der Waals surface area contributed by atoms with Crippen LogP contribution in [0.4, 0.5) is 0 Å². The first-order valence-corrected chi connectivity index (χ1v) is 11.9. The van der Waals surface area contributed by atoms with Crippen molar-refractivity contribution < 1.29 is 22.7 Å². The molecule has 2 aromatic rings. The Hall–Kier alpha value is -2.58. The van der Waals surface area contributed by atoms with Crippen LogP contribution in [0.3, 0.4) is 0 Å². The summed E-state index contributed by atoms with van der Waals surface area (Å²) in [6, 6.07) is 14.3. The summed E-state index contributed by atoms with van der Waals surface area (Å²) in [6.45, 7) is 3.22. The lowest BCUT2D eigenvalue weighted by Gasteiger charge is -2.38. The van der Waals surface area contributed by atoms with E-state index in [-0.39, 0.29) is 18.6 Å². The van der Waals surface area contributed by atoms with Gasteiger partial charge in [0.2, 0.25) is 15.9 Å². The van der Waals surface area contributed by atoms with Gasteiger partial charge in [0, 0.05) is 13.1 Å². The molecule has 7 nitrogen and oxygen atoms in total. The minimum absolute atomic E-state index is 0.208. The van der Waals surface area contributed by atoms with E-state index in [4.69, 9.17) is 9.47 Å². The number of likely N-dealkylation sites (N-methyl/N-ethyl adjacent to an activating group) is 1. The SMILES string of the molecule is CCN(C[C@H]1COc2ccccc2O1)C(=O)[C@H]1Cc2ccccc2CN1S(C)(=O)=O. The van der Waals surface area contributed by atoms with Gasteiger partial charge in [0.1, 0.15) is 12.6 Å². The summed E-state index contributed by atoms with van der Waals surface area (Å²) in [7, 11) is -3.55. The van der Waals surface area contributed by atoms with Gasteiger partial charge in [-0.2, -0.15) is 4.31 Å². The molecule has 0 aliphatic carbocycles. The molecule has 0 radical (unpaired) electrons. The highest BCUT2D eigenvalue weighted by atomic mass is 32.2. The molecule has 0 spiro atoms. The van der Waals surface area contributed by atoms with E-state index in [0.717, 1.165) is 17.4 Å². The normalized spacial score (nSPS) is 21.0. The van der Waals surface area contributed by atoms with Gasteiger partial charge >= 0.3 is 0 Å². The summed E-state index contributed by atoms with van der Waals surface area (Å²) >= 11 is 0. The highest BCUT2D eigenvalue weighted by molar-refractivity contribution is 7.88. The molecule has 2 atom stereocenters. The number of hydrogen-bond acceptors (Lipinski definition) is 5. The monoisotopic (exact) mass is 430 g/mol. The number of nitrogens with zero attached hydrogens (tertiary/aromatic N) is 2. The van der Waals surface area contributed by atoms with E-state index in [1.165, 1.54) is 4.31 Å². The topological polar surface area (TPSA) is 76.2 Å². The maximum Gasteiger partial charge on any atom is 0.241 e. The van der Waals surface area contributed by atoms with Crippen LogP contribution in [0, 0.1) is 0 Å². The van der Waals surface area contributed by atoms with E-state index >= 15 is 0 Å². The third-order valence-corrected chi connectivity index (χ3v) is 6.84. The number of sulfonamides is 1. The molecule has 30 heavy (non-hydrogen) atoms. The first kappa shape index (κ1) is 20.7. The molecular formula is C22H26N2O5S. The summed E-state index contributed by atoms with van der Waals surface area (Å²) in [5.41, 5.74) is 1.95. The fraction of sp³-hybridized carbons (Fsp3) is 0.409. The lowest BCUT2D eigenvalue weighted by atomic mass is 9.95. The van der Waals surface area contributed by atoms with E-state index in [1.54, 1.807) is 4.90 Å². The number of benzene rings is 2. The molecule has 8 heteroatoms. The Labute approximate surface area is 177 Å². The summed E-state index contributed by atoms with van der Waals surface area (Å²) in [6.07, 6.45) is 1.21. The van der Waals surface area contributed by atoms with Gasteiger partial charge in [-0.25, -0.2) is 8.42 Å². The van der Waals surface area contributed by atoms with Gasteiger partial charge in [-0.1, -0.05) is 36.4 Å². The molecule has 0 unspecified atom stereocenters. The number of ether oxygens (including phenoxy) is 2. The molecule has 2 aliphatic rings. The van der Waals surface area contributed by atoms with Gasteiger partial charge < -0.3 is 14.4 Å². The van der Waals surface area contributed by atoms with E-state index in [2.05, 4.69) is 0 Å². The average Bonchev–Trinajstić information content (AvgIpc) is 2.75. The summed E-state index contributed by atoms with van der Waals surface area (Å²) < 4.78 is 38.0. The number of fused-ring (bicyclic) bond motifs is 2. The maximum absolute atomic E-state index is 13.4. The van der Waals surface area contributed by atoms with Crippen molar-refractivity contribution in [2.45, 2.75) is 32.0 Å². The van der Waals surface area contributed by atoms with Gasteiger partial charge in [-0.05, 0) is 36.6 Å². The van der Waals surface area contributed by atoms with E-state index in [9.17, 15) is 13.2 Å². The van der Waals surface area contributed by atoms with Crippen molar-refractivity contribution in [3.8, 4) is 11.5 Å². The molecule has 0 N–H and O–H groups in total. The number of carbonyl (C=O) groups excluding carboxylic acids is 1. The van der Waals surface area contributed by atoms with Gasteiger partial charge in [-0.15, -0.1) is 0 Å². The largest absolute Gasteiger partial charge is 0.486 e. The minimum Gasteiger partial charge on any atom is -0.486 e. The van der Waals surface area contributed by atoms with Crippen molar-refractivity contribution >= 4 is 15.9 Å². The Morgan fingerprint density at radius 1 is 1.10 bits per heavy atom. The van der Waals surface area contributed by atoms with Crippen LogP contribution < -0.4 is 9.47 Å². The first-order chi connectivity index (χ1) is 14.4. The van der Waals surface area contributed by atoms with Crippen molar-refractivity contribution in [1.29, 1.82) is 0 Å². The Morgan fingerprint density at radius 3 is 2.47 bits per heavy atom. The Morgan fingerprint density at radius 2 is 1.77 bits per heavy atom. The number of rotatable bonds is 5.